The number of ether oxygens (including phenoxy) is 2. The number of nitrogens with one attached hydrogen (secondary N) is 1. The first-order valence-corrected chi connectivity index (χ1v) is 6.35. The molecule has 0 aromatic heterocycles. The maximum absolute atomic E-state index is 5.51. The lowest BCUT2D eigenvalue weighted by Crippen LogP contribution is -2.36. The summed E-state index contributed by atoms with van der Waals surface area (Å²) in [4.78, 5) is 2.11. The second-order valence-electron chi connectivity index (χ2n) is 4.45. The zero-order chi connectivity index (χ0) is 12.9. The molecule has 0 saturated carbocycles. The summed E-state index contributed by atoms with van der Waals surface area (Å²) in [6.07, 6.45) is 2.09. The SMILES string of the molecule is COCC(CCCN)NCCOCCN(C)C. The Bertz CT molecular complexity index is 157. The van der Waals surface area contributed by atoms with Crippen molar-refractivity contribution in [3.05, 3.63) is 0 Å². The number of methoxy groups -OCH3 is 1. The highest BCUT2D eigenvalue weighted by atomic mass is 16.5. The summed E-state index contributed by atoms with van der Waals surface area (Å²) in [7, 11) is 5.82. The van der Waals surface area contributed by atoms with Crippen LogP contribution in [0.15, 0.2) is 0 Å². The van der Waals surface area contributed by atoms with Crippen molar-refractivity contribution in [1.82, 2.24) is 10.2 Å². The number of hydrogen-bond donors (Lipinski definition) is 2. The molecule has 104 valence electrons. The van der Waals surface area contributed by atoms with Gasteiger partial charge in [-0.05, 0) is 33.5 Å². The molecule has 0 aliphatic carbocycles. The first-order valence-electron chi connectivity index (χ1n) is 6.35. The van der Waals surface area contributed by atoms with Crippen LogP contribution in [0.2, 0.25) is 0 Å². The van der Waals surface area contributed by atoms with Crippen molar-refractivity contribution >= 4 is 0 Å². The first-order chi connectivity index (χ1) is 8.20. The second kappa shape index (κ2) is 12.3. The number of rotatable bonds is 12. The van der Waals surface area contributed by atoms with Gasteiger partial charge in [-0.2, -0.15) is 0 Å². The Kier molecular flexibility index (Phi) is 12.1. The van der Waals surface area contributed by atoms with E-state index in [0.29, 0.717) is 6.04 Å². The van der Waals surface area contributed by atoms with E-state index >= 15 is 0 Å². The van der Waals surface area contributed by atoms with Gasteiger partial charge in [-0.1, -0.05) is 0 Å². The maximum Gasteiger partial charge on any atom is 0.0615 e. The molecule has 1 unspecified atom stereocenters. The summed E-state index contributed by atoms with van der Waals surface area (Å²) in [5.74, 6) is 0. The predicted molar refractivity (Wildman–Crippen MR) is 71.3 cm³/mol. The number of likely N-dealkylation sites (N-methyl/N-ethyl adjacent to an activating group) is 1. The molecule has 0 aliphatic rings. The van der Waals surface area contributed by atoms with Gasteiger partial charge in [0.2, 0.25) is 0 Å². The lowest BCUT2D eigenvalue weighted by molar-refractivity contribution is 0.110. The normalized spacial score (nSPS) is 13.2. The van der Waals surface area contributed by atoms with Gasteiger partial charge in [-0.15, -0.1) is 0 Å². The Hall–Kier alpha value is -0.200. The second-order valence-corrected chi connectivity index (χ2v) is 4.45. The summed E-state index contributed by atoms with van der Waals surface area (Å²) >= 11 is 0. The average molecular weight is 247 g/mol. The van der Waals surface area contributed by atoms with Crippen molar-refractivity contribution in [3.8, 4) is 0 Å². The van der Waals surface area contributed by atoms with Gasteiger partial charge in [-0.3, -0.25) is 0 Å². The van der Waals surface area contributed by atoms with Crippen molar-refractivity contribution in [3.63, 3.8) is 0 Å². The lowest BCUT2D eigenvalue weighted by Gasteiger charge is -2.17. The highest BCUT2D eigenvalue weighted by Crippen LogP contribution is 1.96. The summed E-state index contributed by atoms with van der Waals surface area (Å²) in [5.41, 5.74) is 5.50. The molecule has 0 radical (unpaired) electrons. The van der Waals surface area contributed by atoms with Crippen molar-refractivity contribution in [2.75, 3.05) is 60.7 Å². The number of nitrogens with zero attached hydrogens (tertiary/aromatic N) is 1. The summed E-state index contributed by atoms with van der Waals surface area (Å²) in [6, 6.07) is 0.390. The van der Waals surface area contributed by atoms with Crippen molar-refractivity contribution in [1.29, 1.82) is 0 Å². The van der Waals surface area contributed by atoms with Crippen LogP contribution in [0.4, 0.5) is 0 Å². The molecule has 1 atom stereocenters. The molecule has 5 nitrogen and oxygen atoms in total. The van der Waals surface area contributed by atoms with Crippen LogP contribution in [0, 0.1) is 0 Å². The van der Waals surface area contributed by atoms with Gasteiger partial charge in [0.15, 0.2) is 0 Å². The van der Waals surface area contributed by atoms with Crippen molar-refractivity contribution in [2.45, 2.75) is 18.9 Å². The molecule has 0 bridgehead atoms. The molecule has 0 rings (SSSR count). The monoisotopic (exact) mass is 247 g/mol. The van der Waals surface area contributed by atoms with E-state index < -0.39 is 0 Å². The average Bonchev–Trinajstić information content (AvgIpc) is 2.29. The highest BCUT2D eigenvalue weighted by molar-refractivity contribution is 4.66. The van der Waals surface area contributed by atoms with Crippen LogP contribution >= 0.6 is 0 Å². The molecule has 0 fully saturated rings. The van der Waals surface area contributed by atoms with E-state index in [1.165, 1.54) is 0 Å². The van der Waals surface area contributed by atoms with Crippen LogP contribution in [0.5, 0.6) is 0 Å². The number of nitrogens with two attached hydrogens (primary N) is 1. The Balaban J connectivity index is 3.40. The van der Waals surface area contributed by atoms with Crippen molar-refractivity contribution in [2.24, 2.45) is 5.73 Å². The Morgan fingerprint density at radius 1 is 1.29 bits per heavy atom. The van der Waals surface area contributed by atoms with Crippen LogP contribution in [0.25, 0.3) is 0 Å². The van der Waals surface area contributed by atoms with Crippen LogP contribution in [-0.2, 0) is 9.47 Å². The van der Waals surface area contributed by atoms with Gasteiger partial charge >= 0.3 is 0 Å². The van der Waals surface area contributed by atoms with Crippen LogP contribution in [0.3, 0.4) is 0 Å². The third kappa shape index (κ3) is 12.1. The van der Waals surface area contributed by atoms with Gasteiger partial charge in [0.05, 0.1) is 19.8 Å². The number of hydrogen-bond acceptors (Lipinski definition) is 5. The topological polar surface area (TPSA) is 59.8 Å². The molecule has 0 amide bonds. The highest BCUT2D eigenvalue weighted by Gasteiger charge is 2.06. The van der Waals surface area contributed by atoms with Gasteiger partial charge in [0, 0.05) is 26.2 Å². The largest absolute Gasteiger partial charge is 0.383 e. The fraction of sp³-hybridized carbons (Fsp3) is 1.00. The Morgan fingerprint density at radius 2 is 2.06 bits per heavy atom. The zero-order valence-electron chi connectivity index (χ0n) is 11.6. The van der Waals surface area contributed by atoms with Gasteiger partial charge in [0.25, 0.3) is 0 Å². The molecule has 0 aromatic rings. The quantitative estimate of drug-likeness (QED) is 0.472. The molecule has 3 N–H and O–H groups in total. The zero-order valence-corrected chi connectivity index (χ0v) is 11.6. The van der Waals surface area contributed by atoms with E-state index in [1.54, 1.807) is 7.11 Å². The first kappa shape index (κ1) is 16.8. The molecule has 0 heterocycles. The molecule has 0 aromatic carbocycles. The van der Waals surface area contributed by atoms with Crippen molar-refractivity contribution < 1.29 is 9.47 Å². The Labute approximate surface area is 106 Å². The van der Waals surface area contributed by atoms with Gasteiger partial charge < -0.3 is 25.4 Å². The minimum atomic E-state index is 0.390. The van der Waals surface area contributed by atoms with E-state index in [1.807, 2.05) is 14.1 Å². The molecule has 17 heavy (non-hydrogen) atoms. The Morgan fingerprint density at radius 3 is 2.65 bits per heavy atom. The van der Waals surface area contributed by atoms with E-state index in [9.17, 15) is 0 Å². The van der Waals surface area contributed by atoms with E-state index in [-0.39, 0.29) is 0 Å². The molecule has 5 heteroatoms. The molecular formula is C12H29N3O2. The molecule has 0 aliphatic heterocycles. The van der Waals surface area contributed by atoms with Crippen LogP contribution < -0.4 is 11.1 Å². The third-order valence-corrected chi connectivity index (χ3v) is 2.49. The predicted octanol–water partition coefficient (Wildman–Crippen LogP) is -0.0919. The summed E-state index contributed by atoms with van der Waals surface area (Å²) in [6.45, 7) is 4.84. The lowest BCUT2D eigenvalue weighted by atomic mass is 10.1. The molecule has 0 saturated heterocycles. The maximum atomic E-state index is 5.51. The fourth-order valence-electron chi connectivity index (χ4n) is 1.49. The van der Waals surface area contributed by atoms with E-state index in [4.69, 9.17) is 15.2 Å². The summed E-state index contributed by atoms with van der Waals surface area (Å²) < 4.78 is 10.7. The van der Waals surface area contributed by atoms with E-state index in [2.05, 4.69) is 10.2 Å². The summed E-state index contributed by atoms with van der Waals surface area (Å²) in [5, 5.41) is 3.42. The van der Waals surface area contributed by atoms with Crippen LogP contribution in [0.1, 0.15) is 12.8 Å². The standard InChI is InChI=1S/C12H29N3O2/c1-15(2)8-10-17-9-7-14-12(11-16-3)5-4-6-13/h12,14H,4-11,13H2,1-3H3. The fourth-order valence-corrected chi connectivity index (χ4v) is 1.49. The molecular weight excluding hydrogens is 218 g/mol. The third-order valence-electron chi connectivity index (χ3n) is 2.49. The van der Waals surface area contributed by atoms with Gasteiger partial charge in [-0.25, -0.2) is 0 Å². The van der Waals surface area contributed by atoms with Crippen LogP contribution in [-0.4, -0.2) is 71.6 Å². The molecule has 0 spiro atoms. The van der Waals surface area contributed by atoms with Gasteiger partial charge in [0.1, 0.15) is 0 Å². The van der Waals surface area contributed by atoms with E-state index in [0.717, 1.165) is 52.3 Å². The minimum absolute atomic E-state index is 0.390. The minimum Gasteiger partial charge on any atom is -0.383 e. The smallest absolute Gasteiger partial charge is 0.0615 e.